The van der Waals surface area contributed by atoms with E-state index in [-0.39, 0.29) is 6.04 Å². The van der Waals surface area contributed by atoms with Gasteiger partial charge >= 0.3 is 0 Å². The lowest BCUT2D eigenvalue weighted by Gasteiger charge is -2.25. The molecule has 4 heteroatoms. The SMILES string of the molecule is CC(C)C(NC1CCS(=O)(=O)C1)C1CC1. The Labute approximate surface area is 92.6 Å². The van der Waals surface area contributed by atoms with E-state index in [1.807, 2.05) is 0 Å². The molecule has 1 aliphatic heterocycles. The third-order valence-corrected chi connectivity index (χ3v) is 5.28. The second kappa shape index (κ2) is 4.06. The van der Waals surface area contributed by atoms with Crippen LogP contribution in [0.4, 0.5) is 0 Å². The molecule has 0 aromatic rings. The lowest BCUT2D eigenvalue weighted by molar-refractivity contribution is 0.330. The Kier molecular flexibility index (Phi) is 3.08. The van der Waals surface area contributed by atoms with Gasteiger partial charge in [0.25, 0.3) is 0 Å². The van der Waals surface area contributed by atoms with Crippen LogP contribution in [0.5, 0.6) is 0 Å². The Morgan fingerprint density at radius 3 is 2.27 bits per heavy atom. The summed E-state index contributed by atoms with van der Waals surface area (Å²) in [7, 11) is -2.73. The zero-order chi connectivity index (χ0) is 11.1. The minimum absolute atomic E-state index is 0.211. The first-order valence-corrected chi connectivity index (χ1v) is 7.76. The number of rotatable bonds is 4. The first kappa shape index (κ1) is 11.4. The molecular weight excluding hydrogens is 210 g/mol. The van der Waals surface area contributed by atoms with Crippen LogP contribution in [0.25, 0.3) is 0 Å². The lowest BCUT2D eigenvalue weighted by atomic mass is 9.98. The summed E-state index contributed by atoms with van der Waals surface area (Å²) >= 11 is 0. The normalized spacial score (nSPS) is 32.1. The first-order valence-electron chi connectivity index (χ1n) is 5.94. The van der Waals surface area contributed by atoms with Gasteiger partial charge in [-0.25, -0.2) is 8.42 Å². The van der Waals surface area contributed by atoms with Crippen molar-refractivity contribution >= 4 is 9.84 Å². The summed E-state index contributed by atoms with van der Waals surface area (Å²) < 4.78 is 22.7. The lowest BCUT2D eigenvalue weighted by Crippen LogP contribution is -2.43. The van der Waals surface area contributed by atoms with E-state index >= 15 is 0 Å². The van der Waals surface area contributed by atoms with E-state index < -0.39 is 9.84 Å². The van der Waals surface area contributed by atoms with Crippen LogP contribution in [-0.2, 0) is 9.84 Å². The van der Waals surface area contributed by atoms with Crippen molar-refractivity contribution in [1.29, 1.82) is 0 Å². The quantitative estimate of drug-likeness (QED) is 0.791. The predicted molar refractivity (Wildman–Crippen MR) is 61.5 cm³/mol. The monoisotopic (exact) mass is 231 g/mol. The fraction of sp³-hybridized carbons (Fsp3) is 1.00. The summed E-state index contributed by atoms with van der Waals surface area (Å²) in [4.78, 5) is 0. The summed E-state index contributed by atoms with van der Waals surface area (Å²) in [5.74, 6) is 2.14. The average Bonchev–Trinajstić information content (AvgIpc) is 2.88. The van der Waals surface area contributed by atoms with Crippen molar-refractivity contribution in [1.82, 2.24) is 5.32 Å². The fourth-order valence-corrected chi connectivity index (χ4v) is 4.21. The van der Waals surface area contributed by atoms with Crippen LogP contribution < -0.4 is 5.32 Å². The highest BCUT2D eigenvalue weighted by Crippen LogP contribution is 2.36. The molecule has 0 bridgehead atoms. The Morgan fingerprint density at radius 2 is 1.87 bits per heavy atom. The summed E-state index contributed by atoms with van der Waals surface area (Å²) in [6, 6.07) is 0.742. The van der Waals surface area contributed by atoms with Gasteiger partial charge in [-0.1, -0.05) is 13.8 Å². The minimum atomic E-state index is -2.73. The van der Waals surface area contributed by atoms with Crippen LogP contribution in [0.15, 0.2) is 0 Å². The highest BCUT2D eigenvalue weighted by Gasteiger charge is 2.37. The van der Waals surface area contributed by atoms with Crippen molar-refractivity contribution in [2.75, 3.05) is 11.5 Å². The predicted octanol–water partition coefficient (Wildman–Crippen LogP) is 1.20. The molecule has 1 aliphatic carbocycles. The molecule has 2 aliphatic rings. The molecule has 1 saturated heterocycles. The largest absolute Gasteiger partial charge is 0.310 e. The number of hydrogen-bond acceptors (Lipinski definition) is 3. The van der Waals surface area contributed by atoms with Crippen LogP contribution >= 0.6 is 0 Å². The molecule has 2 fully saturated rings. The van der Waals surface area contributed by atoms with Crippen LogP contribution in [0.3, 0.4) is 0 Å². The molecule has 0 aromatic heterocycles. The summed E-state index contributed by atoms with van der Waals surface area (Å²) in [5.41, 5.74) is 0. The average molecular weight is 231 g/mol. The van der Waals surface area contributed by atoms with E-state index in [1.165, 1.54) is 12.8 Å². The number of sulfone groups is 1. The Morgan fingerprint density at radius 1 is 1.20 bits per heavy atom. The topological polar surface area (TPSA) is 46.2 Å². The third-order valence-electron chi connectivity index (χ3n) is 3.51. The van der Waals surface area contributed by atoms with Gasteiger partial charge in [0.2, 0.25) is 0 Å². The third kappa shape index (κ3) is 2.94. The highest BCUT2D eigenvalue weighted by atomic mass is 32.2. The van der Waals surface area contributed by atoms with Crippen molar-refractivity contribution in [3.8, 4) is 0 Å². The zero-order valence-corrected chi connectivity index (χ0v) is 10.4. The molecule has 1 heterocycles. The molecule has 15 heavy (non-hydrogen) atoms. The van der Waals surface area contributed by atoms with Crippen molar-refractivity contribution in [3.63, 3.8) is 0 Å². The van der Waals surface area contributed by atoms with Crippen LogP contribution in [0, 0.1) is 11.8 Å². The maximum absolute atomic E-state index is 11.3. The van der Waals surface area contributed by atoms with Crippen molar-refractivity contribution in [3.05, 3.63) is 0 Å². The van der Waals surface area contributed by atoms with Crippen molar-refractivity contribution in [2.45, 2.75) is 45.2 Å². The van der Waals surface area contributed by atoms with Crippen LogP contribution in [0.2, 0.25) is 0 Å². The van der Waals surface area contributed by atoms with Crippen LogP contribution in [0.1, 0.15) is 33.1 Å². The standard InChI is InChI=1S/C11H21NO2S/c1-8(2)11(9-3-4-9)12-10-5-6-15(13,14)7-10/h8-12H,3-7H2,1-2H3. The van der Waals surface area contributed by atoms with Gasteiger partial charge < -0.3 is 5.32 Å². The van der Waals surface area contributed by atoms with Gasteiger partial charge in [0.15, 0.2) is 9.84 Å². The second-order valence-electron chi connectivity index (χ2n) is 5.37. The number of hydrogen-bond donors (Lipinski definition) is 1. The molecule has 0 amide bonds. The van der Waals surface area contributed by atoms with E-state index in [2.05, 4.69) is 19.2 Å². The molecule has 3 nitrogen and oxygen atoms in total. The van der Waals surface area contributed by atoms with Crippen LogP contribution in [-0.4, -0.2) is 32.0 Å². The molecular formula is C11H21NO2S. The van der Waals surface area contributed by atoms with Gasteiger partial charge in [0.05, 0.1) is 11.5 Å². The molecule has 0 aromatic carbocycles. The second-order valence-corrected chi connectivity index (χ2v) is 7.60. The molecule has 88 valence electrons. The molecule has 1 saturated carbocycles. The van der Waals surface area contributed by atoms with Crippen molar-refractivity contribution in [2.24, 2.45) is 11.8 Å². The Balaban J connectivity index is 1.90. The first-order chi connectivity index (χ1) is 6.98. The summed E-state index contributed by atoms with van der Waals surface area (Å²) in [5, 5.41) is 3.55. The molecule has 0 spiro atoms. The van der Waals surface area contributed by atoms with Gasteiger partial charge in [0.1, 0.15) is 0 Å². The molecule has 2 unspecified atom stereocenters. The molecule has 0 radical (unpaired) electrons. The number of nitrogens with one attached hydrogen (secondary N) is 1. The summed E-state index contributed by atoms with van der Waals surface area (Å²) in [6.07, 6.45) is 3.43. The molecule has 2 rings (SSSR count). The Bertz CT molecular complexity index is 317. The maximum atomic E-state index is 11.3. The zero-order valence-electron chi connectivity index (χ0n) is 9.57. The minimum Gasteiger partial charge on any atom is -0.310 e. The van der Waals surface area contributed by atoms with E-state index in [4.69, 9.17) is 0 Å². The van der Waals surface area contributed by atoms with Gasteiger partial charge in [-0.15, -0.1) is 0 Å². The molecule has 2 atom stereocenters. The van der Waals surface area contributed by atoms with E-state index in [0.717, 1.165) is 12.3 Å². The van der Waals surface area contributed by atoms with Gasteiger partial charge in [-0.3, -0.25) is 0 Å². The fourth-order valence-electron chi connectivity index (χ4n) is 2.53. The van der Waals surface area contributed by atoms with Crippen molar-refractivity contribution < 1.29 is 8.42 Å². The van der Waals surface area contributed by atoms with Gasteiger partial charge in [-0.2, -0.15) is 0 Å². The highest BCUT2D eigenvalue weighted by molar-refractivity contribution is 7.91. The van der Waals surface area contributed by atoms with E-state index in [9.17, 15) is 8.42 Å². The maximum Gasteiger partial charge on any atom is 0.151 e. The van der Waals surface area contributed by atoms with E-state index in [0.29, 0.717) is 23.5 Å². The molecule has 1 N–H and O–H groups in total. The van der Waals surface area contributed by atoms with Gasteiger partial charge in [-0.05, 0) is 31.1 Å². The smallest absolute Gasteiger partial charge is 0.151 e. The van der Waals surface area contributed by atoms with E-state index in [1.54, 1.807) is 0 Å². The Hall–Kier alpha value is -0.0900. The summed E-state index contributed by atoms with van der Waals surface area (Å²) in [6.45, 7) is 4.44. The van der Waals surface area contributed by atoms with Gasteiger partial charge in [0, 0.05) is 12.1 Å².